The lowest BCUT2D eigenvalue weighted by Gasteiger charge is -2.27. The zero-order valence-corrected chi connectivity index (χ0v) is 23.6. The van der Waals surface area contributed by atoms with E-state index in [1.165, 1.54) is 36.0 Å². The first kappa shape index (κ1) is 32.4. The number of carboxylic acid groups (broad SMARTS) is 1. The van der Waals surface area contributed by atoms with Crippen LogP contribution in [0.2, 0.25) is 0 Å². The fraction of sp³-hybridized carbons (Fsp3) is 0.429. The molecule has 0 radical (unpaired) electrons. The van der Waals surface area contributed by atoms with Crippen LogP contribution >= 0.6 is 11.8 Å². The Labute approximate surface area is 237 Å². The van der Waals surface area contributed by atoms with Crippen molar-refractivity contribution >= 4 is 35.5 Å². The van der Waals surface area contributed by atoms with Gasteiger partial charge in [0.15, 0.2) is 0 Å². The minimum Gasteiger partial charge on any atom is -0.508 e. The number of hydrogen-bond acceptors (Lipinski definition) is 8. The van der Waals surface area contributed by atoms with E-state index in [4.69, 9.17) is 5.73 Å². The van der Waals surface area contributed by atoms with Crippen LogP contribution in [0.3, 0.4) is 0 Å². The summed E-state index contributed by atoms with van der Waals surface area (Å²) < 4.78 is 0. The molecule has 12 heteroatoms. The molecule has 2 aromatic carbocycles. The number of nitrogens with one attached hydrogen (secondary N) is 3. The monoisotopic (exact) mass is 574 g/mol. The van der Waals surface area contributed by atoms with Gasteiger partial charge in [0.25, 0.3) is 0 Å². The lowest BCUT2D eigenvalue weighted by atomic mass is 10.0. The maximum Gasteiger partial charge on any atom is 0.326 e. The summed E-state index contributed by atoms with van der Waals surface area (Å²) >= 11 is 1.46. The highest BCUT2D eigenvalue weighted by Gasteiger charge is 2.31. The molecule has 3 amide bonds. The van der Waals surface area contributed by atoms with Crippen molar-refractivity contribution in [3.05, 3.63) is 59.7 Å². The highest BCUT2D eigenvalue weighted by molar-refractivity contribution is 7.98. The number of hydrogen-bond donors (Lipinski definition) is 7. The molecule has 0 spiro atoms. The Kier molecular flexibility index (Phi) is 12.8. The number of phenols is 2. The summed E-state index contributed by atoms with van der Waals surface area (Å²) in [7, 11) is 0. The van der Waals surface area contributed by atoms with E-state index in [2.05, 4.69) is 16.0 Å². The van der Waals surface area contributed by atoms with Crippen LogP contribution in [0, 0.1) is 5.92 Å². The van der Waals surface area contributed by atoms with E-state index in [0.29, 0.717) is 11.3 Å². The van der Waals surface area contributed by atoms with E-state index in [1.807, 2.05) is 6.26 Å². The van der Waals surface area contributed by atoms with Gasteiger partial charge in [-0.05, 0) is 66.2 Å². The predicted molar refractivity (Wildman–Crippen MR) is 153 cm³/mol. The maximum atomic E-state index is 13.2. The van der Waals surface area contributed by atoms with Crippen LogP contribution in [-0.4, -0.2) is 75.2 Å². The SMILES string of the molecule is CSCCC(NC(=O)C(NC(=O)C(N)Cc1ccc(O)cc1)C(C)C)C(=O)NC(Cc1ccc(O)cc1)C(=O)O. The van der Waals surface area contributed by atoms with Gasteiger partial charge in [-0.3, -0.25) is 14.4 Å². The Morgan fingerprint density at radius 2 is 1.27 bits per heavy atom. The number of thioether (sulfide) groups is 1. The number of carbonyl (C=O) groups excluding carboxylic acids is 3. The quantitative estimate of drug-likeness (QED) is 0.164. The summed E-state index contributed by atoms with van der Waals surface area (Å²) in [6.45, 7) is 3.48. The van der Waals surface area contributed by atoms with Crippen LogP contribution < -0.4 is 21.7 Å². The molecule has 0 fully saturated rings. The van der Waals surface area contributed by atoms with Crippen molar-refractivity contribution in [3.63, 3.8) is 0 Å². The second-order valence-electron chi connectivity index (χ2n) is 9.82. The second kappa shape index (κ2) is 15.7. The molecule has 11 nitrogen and oxygen atoms in total. The third-order valence-corrected chi connectivity index (χ3v) is 6.85. The van der Waals surface area contributed by atoms with Crippen molar-refractivity contribution in [2.45, 2.75) is 57.3 Å². The highest BCUT2D eigenvalue weighted by atomic mass is 32.2. The fourth-order valence-electron chi connectivity index (χ4n) is 3.88. The number of carbonyl (C=O) groups is 4. The van der Waals surface area contributed by atoms with Crippen molar-refractivity contribution in [3.8, 4) is 11.5 Å². The Hall–Kier alpha value is -3.77. The lowest BCUT2D eigenvalue weighted by Crippen LogP contribution is -2.58. The normalized spacial score (nSPS) is 14.0. The number of aliphatic carboxylic acids is 1. The van der Waals surface area contributed by atoms with Crippen molar-refractivity contribution in [1.29, 1.82) is 0 Å². The van der Waals surface area contributed by atoms with Crippen LogP contribution in [0.4, 0.5) is 0 Å². The first-order chi connectivity index (χ1) is 18.9. The summed E-state index contributed by atoms with van der Waals surface area (Å²) in [5.74, 6) is -2.74. The van der Waals surface area contributed by atoms with Gasteiger partial charge in [0.2, 0.25) is 17.7 Å². The average molecular weight is 575 g/mol. The molecule has 0 heterocycles. The summed E-state index contributed by atoms with van der Waals surface area (Å²) in [6.07, 6.45) is 2.25. The first-order valence-corrected chi connectivity index (χ1v) is 14.2. The smallest absolute Gasteiger partial charge is 0.326 e. The molecular weight excluding hydrogens is 536 g/mol. The Morgan fingerprint density at radius 1 is 0.775 bits per heavy atom. The highest BCUT2D eigenvalue weighted by Crippen LogP contribution is 2.13. The Balaban J connectivity index is 2.09. The number of phenolic OH excluding ortho intramolecular Hbond substituents is 2. The zero-order valence-electron chi connectivity index (χ0n) is 22.8. The summed E-state index contributed by atoms with van der Waals surface area (Å²) in [6, 6.07) is 8.01. The standard InChI is InChI=1S/C28H38N4O7S/c1-16(2)24(32-25(35)21(29)14-17-4-8-19(33)9-5-17)27(37)30-22(12-13-40-3)26(36)31-23(28(38)39)15-18-6-10-20(34)11-7-18/h4-11,16,21-24,33-34H,12-15,29H2,1-3H3,(H,30,37)(H,31,36)(H,32,35)(H,38,39). The van der Waals surface area contributed by atoms with Crippen LogP contribution in [0.5, 0.6) is 11.5 Å². The van der Waals surface area contributed by atoms with Gasteiger partial charge in [0.05, 0.1) is 6.04 Å². The average Bonchev–Trinajstić information content (AvgIpc) is 2.90. The van der Waals surface area contributed by atoms with E-state index < -0.39 is 47.9 Å². The molecule has 0 saturated heterocycles. The Bertz CT molecular complexity index is 1140. The molecule has 0 saturated carbocycles. The lowest BCUT2D eigenvalue weighted by molar-refractivity contribution is -0.142. The van der Waals surface area contributed by atoms with E-state index in [0.717, 1.165) is 5.56 Å². The van der Waals surface area contributed by atoms with Crippen molar-refractivity contribution in [2.24, 2.45) is 11.7 Å². The fourth-order valence-corrected chi connectivity index (χ4v) is 4.35. The van der Waals surface area contributed by atoms with Crippen LogP contribution in [0.15, 0.2) is 48.5 Å². The van der Waals surface area contributed by atoms with Crippen LogP contribution in [-0.2, 0) is 32.0 Å². The minimum atomic E-state index is -1.26. The van der Waals surface area contributed by atoms with Gasteiger partial charge >= 0.3 is 5.97 Å². The molecule has 40 heavy (non-hydrogen) atoms. The molecule has 2 aromatic rings. The summed E-state index contributed by atoms with van der Waals surface area (Å²) in [4.78, 5) is 51.0. The number of amides is 3. The number of aromatic hydroxyl groups is 2. The molecule has 0 aromatic heterocycles. The molecule has 0 aliphatic heterocycles. The third-order valence-electron chi connectivity index (χ3n) is 6.21. The first-order valence-electron chi connectivity index (χ1n) is 12.9. The topological polar surface area (TPSA) is 191 Å². The number of rotatable bonds is 15. The number of benzene rings is 2. The number of carboxylic acids is 1. The van der Waals surface area contributed by atoms with Gasteiger partial charge in [-0.25, -0.2) is 4.79 Å². The third kappa shape index (κ3) is 10.4. The van der Waals surface area contributed by atoms with Crippen molar-refractivity contribution < 1.29 is 34.5 Å². The second-order valence-corrected chi connectivity index (χ2v) is 10.8. The van der Waals surface area contributed by atoms with Gasteiger partial charge in [-0.15, -0.1) is 0 Å². The molecule has 0 aliphatic carbocycles. The van der Waals surface area contributed by atoms with Gasteiger partial charge in [-0.2, -0.15) is 11.8 Å². The number of nitrogens with two attached hydrogens (primary N) is 1. The minimum absolute atomic E-state index is 0.0197. The van der Waals surface area contributed by atoms with Gasteiger partial charge < -0.3 is 37.0 Å². The molecule has 2 rings (SSSR count). The molecule has 0 aliphatic rings. The van der Waals surface area contributed by atoms with E-state index in [1.54, 1.807) is 38.1 Å². The molecule has 218 valence electrons. The molecular formula is C28H38N4O7S. The predicted octanol–water partition coefficient (Wildman–Crippen LogP) is 1.16. The van der Waals surface area contributed by atoms with Gasteiger partial charge in [-0.1, -0.05) is 38.1 Å². The van der Waals surface area contributed by atoms with Crippen LogP contribution in [0.25, 0.3) is 0 Å². The summed E-state index contributed by atoms with van der Waals surface area (Å²) in [5.41, 5.74) is 7.40. The summed E-state index contributed by atoms with van der Waals surface area (Å²) in [5, 5.41) is 36.4. The Morgan fingerprint density at radius 3 is 1.75 bits per heavy atom. The van der Waals surface area contributed by atoms with Gasteiger partial charge in [0, 0.05) is 6.42 Å². The van der Waals surface area contributed by atoms with Crippen molar-refractivity contribution in [1.82, 2.24) is 16.0 Å². The molecule has 4 atom stereocenters. The van der Waals surface area contributed by atoms with Crippen molar-refractivity contribution in [2.75, 3.05) is 12.0 Å². The van der Waals surface area contributed by atoms with E-state index >= 15 is 0 Å². The van der Waals surface area contributed by atoms with E-state index in [9.17, 15) is 34.5 Å². The van der Waals surface area contributed by atoms with E-state index in [-0.39, 0.29) is 36.7 Å². The van der Waals surface area contributed by atoms with Gasteiger partial charge in [0.1, 0.15) is 29.6 Å². The van der Waals surface area contributed by atoms with Crippen LogP contribution in [0.1, 0.15) is 31.4 Å². The molecule has 4 unspecified atom stereocenters. The molecule has 0 bridgehead atoms. The maximum absolute atomic E-state index is 13.2. The zero-order chi connectivity index (χ0) is 29.8. The largest absolute Gasteiger partial charge is 0.508 e. The molecule has 8 N–H and O–H groups in total.